The molecular weight excluding hydrogens is 292 g/mol. The second kappa shape index (κ2) is 7.00. The fourth-order valence-electron chi connectivity index (χ4n) is 2.73. The van der Waals surface area contributed by atoms with E-state index in [1.807, 2.05) is 35.2 Å². The van der Waals surface area contributed by atoms with Crippen LogP contribution in [0, 0.1) is 0 Å². The molecule has 124 valence electrons. The van der Waals surface area contributed by atoms with Gasteiger partial charge in [0.25, 0.3) is 0 Å². The number of rotatable bonds is 4. The molecule has 2 fully saturated rings. The van der Waals surface area contributed by atoms with Crippen molar-refractivity contribution in [1.82, 2.24) is 20.4 Å². The Labute approximate surface area is 136 Å². The van der Waals surface area contributed by atoms with Crippen molar-refractivity contribution in [2.75, 3.05) is 33.2 Å². The third kappa shape index (κ3) is 4.22. The van der Waals surface area contributed by atoms with Crippen LogP contribution in [-0.2, 0) is 4.79 Å². The van der Waals surface area contributed by atoms with Gasteiger partial charge >= 0.3 is 6.03 Å². The van der Waals surface area contributed by atoms with E-state index < -0.39 is 6.04 Å². The fraction of sp³-hybridized carbons (Fsp3) is 0.529. The summed E-state index contributed by atoms with van der Waals surface area (Å²) >= 11 is 0. The van der Waals surface area contributed by atoms with Gasteiger partial charge in [0, 0.05) is 32.2 Å². The van der Waals surface area contributed by atoms with E-state index in [1.165, 1.54) is 0 Å². The first-order chi connectivity index (χ1) is 11.1. The molecule has 23 heavy (non-hydrogen) atoms. The van der Waals surface area contributed by atoms with Crippen LogP contribution in [0.4, 0.5) is 4.79 Å². The highest BCUT2D eigenvalue weighted by Crippen LogP contribution is 2.20. The predicted molar refractivity (Wildman–Crippen MR) is 87.9 cm³/mol. The minimum atomic E-state index is -0.627. The summed E-state index contributed by atoms with van der Waals surface area (Å²) in [7, 11) is 2.05. The predicted octanol–water partition coefficient (Wildman–Crippen LogP) is 0.963. The number of piperazine rings is 1. The summed E-state index contributed by atoms with van der Waals surface area (Å²) < 4.78 is 0. The summed E-state index contributed by atoms with van der Waals surface area (Å²) in [6, 6.07) is 8.84. The summed E-state index contributed by atoms with van der Waals surface area (Å²) in [6.45, 7) is 3.12. The molecule has 3 rings (SSSR count). The molecule has 1 saturated carbocycles. The van der Waals surface area contributed by atoms with Gasteiger partial charge in [0.05, 0.1) is 0 Å². The molecule has 3 amide bonds. The molecule has 1 aliphatic carbocycles. The Morgan fingerprint density at radius 1 is 1.09 bits per heavy atom. The maximum atomic E-state index is 12.9. The highest BCUT2D eigenvalue weighted by Gasteiger charge is 2.30. The van der Waals surface area contributed by atoms with Crippen molar-refractivity contribution in [3.63, 3.8) is 0 Å². The van der Waals surface area contributed by atoms with Gasteiger partial charge in [-0.25, -0.2) is 4.79 Å². The molecule has 0 bridgehead atoms. The maximum Gasteiger partial charge on any atom is 0.315 e. The van der Waals surface area contributed by atoms with E-state index in [0.29, 0.717) is 13.1 Å². The fourth-order valence-corrected chi connectivity index (χ4v) is 2.73. The first-order valence-corrected chi connectivity index (χ1v) is 8.23. The molecule has 6 nitrogen and oxygen atoms in total. The number of hydrogen-bond donors (Lipinski definition) is 2. The molecule has 6 heteroatoms. The van der Waals surface area contributed by atoms with Crippen LogP contribution in [-0.4, -0.2) is 61.0 Å². The highest BCUT2D eigenvalue weighted by molar-refractivity contribution is 5.88. The number of carbonyl (C=O) groups excluding carboxylic acids is 2. The average Bonchev–Trinajstić information content (AvgIpc) is 3.37. The van der Waals surface area contributed by atoms with Crippen molar-refractivity contribution in [2.45, 2.75) is 24.9 Å². The molecule has 0 radical (unpaired) electrons. The summed E-state index contributed by atoms with van der Waals surface area (Å²) in [4.78, 5) is 29.1. The Hall–Kier alpha value is -2.08. The van der Waals surface area contributed by atoms with Crippen molar-refractivity contribution in [3.8, 4) is 0 Å². The quantitative estimate of drug-likeness (QED) is 0.870. The van der Waals surface area contributed by atoms with E-state index in [-0.39, 0.29) is 18.0 Å². The van der Waals surface area contributed by atoms with Crippen LogP contribution in [0.2, 0.25) is 0 Å². The summed E-state index contributed by atoms with van der Waals surface area (Å²) in [6.07, 6.45) is 2.05. The first-order valence-electron chi connectivity index (χ1n) is 8.23. The smallest absolute Gasteiger partial charge is 0.315 e. The normalized spacial score (nSPS) is 20.0. The number of hydrogen-bond acceptors (Lipinski definition) is 3. The van der Waals surface area contributed by atoms with Gasteiger partial charge in [-0.15, -0.1) is 0 Å². The van der Waals surface area contributed by atoms with Crippen LogP contribution < -0.4 is 10.6 Å². The van der Waals surface area contributed by atoms with Crippen molar-refractivity contribution < 1.29 is 9.59 Å². The van der Waals surface area contributed by atoms with Crippen LogP contribution in [0.3, 0.4) is 0 Å². The molecule has 0 unspecified atom stereocenters. The lowest BCUT2D eigenvalue weighted by Crippen LogP contribution is -2.52. The van der Waals surface area contributed by atoms with Crippen LogP contribution in [0.25, 0.3) is 0 Å². The van der Waals surface area contributed by atoms with E-state index in [9.17, 15) is 9.59 Å². The lowest BCUT2D eigenvalue weighted by molar-refractivity contribution is -0.135. The second-order valence-corrected chi connectivity index (χ2v) is 6.36. The van der Waals surface area contributed by atoms with E-state index >= 15 is 0 Å². The van der Waals surface area contributed by atoms with Gasteiger partial charge in [-0.3, -0.25) is 4.79 Å². The number of likely N-dealkylation sites (N-methyl/N-ethyl adjacent to an activating group) is 1. The molecule has 2 aliphatic rings. The SMILES string of the molecule is CN1CCN(C(=O)[C@@H](NC(=O)NC2CC2)c2ccccc2)CC1. The number of urea groups is 1. The molecule has 0 spiro atoms. The van der Waals surface area contributed by atoms with Crippen molar-refractivity contribution in [3.05, 3.63) is 35.9 Å². The van der Waals surface area contributed by atoms with E-state index in [1.54, 1.807) is 0 Å². The largest absolute Gasteiger partial charge is 0.338 e. The Balaban J connectivity index is 1.71. The topological polar surface area (TPSA) is 64.7 Å². The molecule has 0 aromatic heterocycles. The number of nitrogens with one attached hydrogen (secondary N) is 2. The summed E-state index contributed by atoms with van der Waals surface area (Å²) in [5, 5.41) is 5.75. The minimum absolute atomic E-state index is 0.0322. The van der Waals surface area contributed by atoms with Gasteiger partial charge in [0.1, 0.15) is 6.04 Å². The monoisotopic (exact) mass is 316 g/mol. The molecule has 1 atom stereocenters. The Morgan fingerprint density at radius 2 is 1.74 bits per heavy atom. The van der Waals surface area contributed by atoms with Crippen LogP contribution in [0.1, 0.15) is 24.4 Å². The molecule has 1 aliphatic heterocycles. The lowest BCUT2D eigenvalue weighted by atomic mass is 10.1. The van der Waals surface area contributed by atoms with Gasteiger partial charge in [-0.1, -0.05) is 30.3 Å². The molecule has 1 saturated heterocycles. The van der Waals surface area contributed by atoms with Gasteiger partial charge in [0.15, 0.2) is 0 Å². The zero-order valence-electron chi connectivity index (χ0n) is 13.5. The summed E-state index contributed by atoms with van der Waals surface area (Å²) in [5.41, 5.74) is 0.822. The van der Waals surface area contributed by atoms with E-state index in [2.05, 4.69) is 22.6 Å². The average molecular weight is 316 g/mol. The Bertz CT molecular complexity index is 551. The highest BCUT2D eigenvalue weighted by atomic mass is 16.2. The molecule has 1 aromatic carbocycles. The zero-order chi connectivity index (χ0) is 16.2. The third-order valence-electron chi connectivity index (χ3n) is 4.38. The van der Waals surface area contributed by atoms with Crippen molar-refractivity contribution >= 4 is 11.9 Å². The van der Waals surface area contributed by atoms with Crippen molar-refractivity contribution in [2.24, 2.45) is 0 Å². The van der Waals surface area contributed by atoms with E-state index in [0.717, 1.165) is 31.5 Å². The maximum absolute atomic E-state index is 12.9. The lowest BCUT2D eigenvalue weighted by Gasteiger charge is -2.34. The first kappa shape index (κ1) is 15.8. The van der Waals surface area contributed by atoms with E-state index in [4.69, 9.17) is 0 Å². The van der Waals surface area contributed by atoms with Gasteiger partial charge in [-0.05, 0) is 25.5 Å². The van der Waals surface area contributed by atoms with Gasteiger partial charge < -0.3 is 20.4 Å². The second-order valence-electron chi connectivity index (χ2n) is 6.36. The molecule has 2 N–H and O–H groups in total. The zero-order valence-corrected chi connectivity index (χ0v) is 13.5. The van der Waals surface area contributed by atoms with Crippen LogP contribution >= 0.6 is 0 Å². The van der Waals surface area contributed by atoms with Crippen LogP contribution in [0.15, 0.2) is 30.3 Å². The Morgan fingerprint density at radius 3 is 2.35 bits per heavy atom. The van der Waals surface area contributed by atoms with Crippen molar-refractivity contribution in [1.29, 1.82) is 0 Å². The van der Waals surface area contributed by atoms with Gasteiger partial charge in [-0.2, -0.15) is 0 Å². The van der Waals surface area contributed by atoms with Gasteiger partial charge in [0.2, 0.25) is 5.91 Å². The Kier molecular flexibility index (Phi) is 4.81. The standard InChI is InChI=1S/C17H24N4O2/c1-20-9-11-21(12-10-20)16(22)15(13-5-3-2-4-6-13)19-17(23)18-14-7-8-14/h2-6,14-15H,7-12H2,1H3,(H2,18,19,23)/t15-/m0/s1. The molecular formula is C17H24N4O2. The molecule has 1 heterocycles. The number of amides is 3. The minimum Gasteiger partial charge on any atom is -0.338 e. The number of benzene rings is 1. The number of nitrogens with zero attached hydrogens (tertiary/aromatic N) is 2. The third-order valence-corrected chi connectivity index (χ3v) is 4.38. The van der Waals surface area contributed by atoms with Crippen LogP contribution in [0.5, 0.6) is 0 Å². The number of carbonyl (C=O) groups is 2. The summed E-state index contributed by atoms with van der Waals surface area (Å²) in [5.74, 6) is -0.0322. The molecule has 1 aromatic rings.